The van der Waals surface area contributed by atoms with Crippen LogP contribution in [-0.4, -0.2) is 16.8 Å². The Morgan fingerprint density at radius 1 is 1.44 bits per heavy atom. The van der Waals surface area contributed by atoms with Gasteiger partial charge in [-0.15, -0.1) is 0 Å². The summed E-state index contributed by atoms with van der Waals surface area (Å²) >= 11 is 3.37. The van der Waals surface area contributed by atoms with Gasteiger partial charge >= 0.3 is 0 Å². The van der Waals surface area contributed by atoms with Crippen LogP contribution in [0.2, 0.25) is 0 Å². The van der Waals surface area contributed by atoms with Crippen LogP contribution in [0.15, 0.2) is 29.0 Å². The molecule has 0 aliphatic rings. The molecule has 0 aliphatic carbocycles. The second-order valence-electron chi connectivity index (χ2n) is 4.27. The highest BCUT2D eigenvalue weighted by molar-refractivity contribution is 9.10. The lowest BCUT2D eigenvalue weighted by Gasteiger charge is -2.17. The minimum Gasteiger partial charge on any atom is -0.313 e. The Hall–Kier alpha value is -1.20. The predicted molar refractivity (Wildman–Crippen MR) is 73.4 cm³/mol. The Labute approximate surface area is 114 Å². The van der Waals surface area contributed by atoms with Crippen molar-refractivity contribution in [3.8, 4) is 5.69 Å². The van der Waals surface area contributed by atoms with Gasteiger partial charge in [0.2, 0.25) is 0 Å². The molecule has 3 nitrogen and oxygen atoms in total. The van der Waals surface area contributed by atoms with Gasteiger partial charge < -0.3 is 5.32 Å². The van der Waals surface area contributed by atoms with E-state index in [9.17, 15) is 4.39 Å². The number of aryl methyl sites for hydroxylation is 1. The van der Waals surface area contributed by atoms with Gasteiger partial charge in [-0.2, -0.15) is 5.10 Å². The summed E-state index contributed by atoms with van der Waals surface area (Å²) in [5.74, 6) is -0.193. The fourth-order valence-electron chi connectivity index (χ4n) is 1.81. The number of halogens is 2. The molecule has 1 heterocycles. The molecule has 5 heteroatoms. The predicted octanol–water partition coefficient (Wildman–Crippen LogP) is 3.36. The lowest BCUT2D eigenvalue weighted by Crippen LogP contribution is -2.16. The van der Waals surface area contributed by atoms with Gasteiger partial charge in [0, 0.05) is 12.2 Å². The quantitative estimate of drug-likeness (QED) is 0.942. The molecule has 1 unspecified atom stereocenters. The van der Waals surface area contributed by atoms with Crippen molar-refractivity contribution in [3.63, 3.8) is 0 Å². The molecule has 1 aromatic heterocycles. The smallest absolute Gasteiger partial charge is 0.126 e. The standard InChI is InChI=1S/C13H15BrFN3/c1-8-4-13(18-7-10(14)6-17-18)11(5-12(8)15)9(2)16-3/h4-7,9,16H,1-3H3. The van der Waals surface area contributed by atoms with E-state index < -0.39 is 0 Å². The van der Waals surface area contributed by atoms with E-state index in [2.05, 4.69) is 26.3 Å². The molecule has 1 aromatic carbocycles. The number of aromatic nitrogens is 2. The van der Waals surface area contributed by atoms with Crippen LogP contribution in [0.5, 0.6) is 0 Å². The molecule has 0 aliphatic heterocycles. The van der Waals surface area contributed by atoms with Gasteiger partial charge in [-0.25, -0.2) is 9.07 Å². The first-order chi connectivity index (χ1) is 8.52. The van der Waals surface area contributed by atoms with Gasteiger partial charge in [0.15, 0.2) is 0 Å². The molecule has 1 atom stereocenters. The van der Waals surface area contributed by atoms with Gasteiger partial charge in [-0.05, 0) is 60.1 Å². The molecule has 0 fully saturated rings. The van der Waals surface area contributed by atoms with E-state index in [1.54, 1.807) is 23.9 Å². The number of nitrogens with one attached hydrogen (secondary N) is 1. The van der Waals surface area contributed by atoms with Crippen molar-refractivity contribution >= 4 is 15.9 Å². The molecule has 0 radical (unpaired) electrons. The Bertz CT molecular complexity index is 565. The highest BCUT2D eigenvalue weighted by Crippen LogP contribution is 2.25. The summed E-state index contributed by atoms with van der Waals surface area (Å²) in [6, 6.07) is 3.44. The van der Waals surface area contributed by atoms with Crippen LogP contribution in [0, 0.1) is 12.7 Å². The van der Waals surface area contributed by atoms with Gasteiger partial charge in [0.25, 0.3) is 0 Å². The first-order valence-electron chi connectivity index (χ1n) is 5.70. The molecule has 0 spiro atoms. The largest absolute Gasteiger partial charge is 0.313 e. The number of rotatable bonds is 3. The zero-order valence-electron chi connectivity index (χ0n) is 10.5. The second kappa shape index (κ2) is 5.20. The number of nitrogens with zero attached hydrogens (tertiary/aromatic N) is 2. The van der Waals surface area contributed by atoms with Crippen LogP contribution in [0.1, 0.15) is 24.1 Å². The molecule has 0 saturated heterocycles. The summed E-state index contributed by atoms with van der Waals surface area (Å²) < 4.78 is 16.4. The van der Waals surface area contributed by atoms with Crippen LogP contribution in [0.3, 0.4) is 0 Å². The number of hydrogen-bond acceptors (Lipinski definition) is 2. The maximum Gasteiger partial charge on any atom is 0.126 e. The average Bonchev–Trinajstić information content (AvgIpc) is 2.77. The van der Waals surface area contributed by atoms with E-state index in [1.165, 1.54) is 0 Å². The van der Waals surface area contributed by atoms with Crippen LogP contribution in [0.4, 0.5) is 4.39 Å². The van der Waals surface area contributed by atoms with E-state index in [-0.39, 0.29) is 11.9 Å². The first kappa shape index (κ1) is 13.2. The van der Waals surface area contributed by atoms with Crippen LogP contribution in [-0.2, 0) is 0 Å². The molecule has 18 heavy (non-hydrogen) atoms. The lowest BCUT2D eigenvalue weighted by molar-refractivity contribution is 0.597. The lowest BCUT2D eigenvalue weighted by atomic mass is 10.0. The van der Waals surface area contributed by atoms with Crippen LogP contribution >= 0.6 is 15.9 Å². The van der Waals surface area contributed by atoms with Crippen molar-refractivity contribution in [2.24, 2.45) is 0 Å². The zero-order chi connectivity index (χ0) is 13.3. The SMILES string of the molecule is CNC(C)c1cc(F)c(C)cc1-n1cc(Br)cn1. The van der Waals surface area contributed by atoms with Gasteiger partial charge in [0.05, 0.1) is 16.4 Å². The monoisotopic (exact) mass is 311 g/mol. The minimum atomic E-state index is -0.193. The summed E-state index contributed by atoms with van der Waals surface area (Å²) in [7, 11) is 1.85. The third-order valence-corrected chi connectivity index (χ3v) is 3.41. The van der Waals surface area contributed by atoms with Crippen molar-refractivity contribution in [1.29, 1.82) is 0 Å². The third-order valence-electron chi connectivity index (χ3n) is 3.01. The maximum absolute atomic E-state index is 13.7. The van der Waals surface area contributed by atoms with E-state index in [4.69, 9.17) is 0 Å². The fraction of sp³-hybridized carbons (Fsp3) is 0.308. The van der Waals surface area contributed by atoms with E-state index >= 15 is 0 Å². The molecule has 0 saturated carbocycles. The second-order valence-corrected chi connectivity index (χ2v) is 5.19. The Kier molecular flexibility index (Phi) is 3.82. The average molecular weight is 312 g/mol. The van der Waals surface area contributed by atoms with Crippen molar-refractivity contribution in [2.45, 2.75) is 19.9 Å². The number of hydrogen-bond donors (Lipinski definition) is 1. The molecule has 0 bridgehead atoms. The summed E-state index contributed by atoms with van der Waals surface area (Å²) in [6.45, 7) is 3.75. The van der Waals surface area contributed by atoms with Crippen molar-refractivity contribution in [3.05, 3.63) is 45.9 Å². The summed E-state index contributed by atoms with van der Waals surface area (Å²) in [4.78, 5) is 0. The van der Waals surface area contributed by atoms with E-state index in [1.807, 2.05) is 26.2 Å². The molecule has 2 rings (SSSR count). The summed E-state index contributed by atoms with van der Waals surface area (Å²) in [5.41, 5.74) is 2.39. The normalized spacial score (nSPS) is 12.7. The molecule has 96 valence electrons. The van der Waals surface area contributed by atoms with Gasteiger partial charge in [-0.1, -0.05) is 0 Å². The topological polar surface area (TPSA) is 29.9 Å². The molecule has 2 aromatic rings. The fourth-order valence-corrected chi connectivity index (χ4v) is 2.10. The summed E-state index contributed by atoms with van der Waals surface area (Å²) in [6.07, 6.45) is 3.57. The zero-order valence-corrected chi connectivity index (χ0v) is 12.1. The molecular formula is C13H15BrFN3. The van der Waals surface area contributed by atoms with Crippen molar-refractivity contribution < 1.29 is 4.39 Å². The number of benzene rings is 1. The molecule has 1 N–H and O–H groups in total. The van der Waals surface area contributed by atoms with Crippen LogP contribution < -0.4 is 5.32 Å². The van der Waals surface area contributed by atoms with Crippen LogP contribution in [0.25, 0.3) is 5.69 Å². The third kappa shape index (κ3) is 2.47. The minimum absolute atomic E-state index is 0.0538. The Morgan fingerprint density at radius 3 is 2.72 bits per heavy atom. The van der Waals surface area contributed by atoms with Crippen molar-refractivity contribution in [1.82, 2.24) is 15.1 Å². The van der Waals surface area contributed by atoms with E-state index in [0.717, 1.165) is 15.7 Å². The summed E-state index contributed by atoms with van der Waals surface area (Å²) in [5, 5.41) is 7.38. The Balaban J connectivity index is 2.60. The highest BCUT2D eigenvalue weighted by Gasteiger charge is 2.14. The van der Waals surface area contributed by atoms with E-state index in [0.29, 0.717) is 5.56 Å². The van der Waals surface area contributed by atoms with Gasteiger partial charge in [0.1, 0.15) is 5.82 Å². The van der Waals surface area contributed by atoms with Gasteiger partial charge in [-0.3, -0.25) is 0 Å². The first-order valence-corrected chi connectivity index (χ1v) is 6.50. The Morgan fingerprint density at radius 2 is 2.17 bits per heavy atom. The molecular weight excluding hydrogens is 297 g/mol. The molecule has 0 amide bonds. The highest BCUT2D eigenvalue weighted by atomic mass is 79.9. The van der Waals surface area contributed by atoms with Crippen molar-refractivity contribution in [2.75, 3.05) is 7.05 Å². The maximum atomic E-state index is 13.7.